The summed E-state index contributed by atoms with van der Waals surface area (Å²) in [4.78, 5) is 28.6. The summed E-state index contributed by atoms with van der Waals surface area (Å²) in [6, 6.07) is 1.61. The standard InChI is InChI=1S/C18H25N3O4/c22-16-3-5-18(13-21(16)12-14-2-1-11-24-14)6-9-20(10-7-18)17(23)15-4-8-19-25-15/h4,8,14H,1-3,5-7,9-13H2. The van der Waals surface area contributed by atoms with Crippen LogP contribution in [0.25, 0.3) is 0 Å². The number of nitrogens with zero attached hydrogens (tertiary/aromatic N) is 3. The molecule has 7 heteroatoms. The number of carbonyl (C=O) groups excluding carboxylic acids is 2. The van der Waals surface area contributed by atoms with Crippen molar-refractivity contribution < 1.29 is 18.8 Å². The second kappa shape index (κ2) is 6.78. The lowest BCUT2D eigenvalue weighted by atomic mass is 9.72. The van der Waals surface area contributed by atoms with E-state index in [1.165, 1.54) is 6.20 Å². The minimum atomic E-state index is -0.0875. The fourth-order valence-corrected chi connectivity index (χ4v) is 4.38. The van der Waals surface area contributed by atoms with Gasteiger partial charge in [-0.2, -0.15) is 0 Å². The fraction of sp³-hybridized carbons (Fsp3) is 0.722. The van der Waals surface area contributed by atoms with Crippen molar-refractivity contribution in [2.24, 2.45) is 5.41 Å². The van der Waals surface area contributed by atoms with Crippen molar-refractivity contribution in [3.05, 3.63) is 18.0 Å². The van der Waals surface area contributed by atoms with E-state index in [1.54, 1.807) is 6.07 Å². The molecule has 1 unspecified atom stereocenters. The molecule has 0 N–H and O–H groups in total. The molecule has 3 saturated heterocycles. The van der Waals surface area contributed by atoms with Gasteiger partial charge in [-0.3, -0.25) is 9.59 Å². The summed E-state index contributed by atoms with van der Waals surface area (Å²) < 4.78 is 10.7. The molecule has 0 radical (unpaired) electrons. The van der Waals surface area contributed by atoms with Gasteiger partial charge in [0.1, 0.15) is 0 Å². The molecule has 0 aliphatic carbocycles. The first-order valence-corrected chi connectivity index (χ1v) is 9.25. The third kappa shape index (κ3) is 3.42. The highest BCUT2D eigenvalue weighted by Crippen LogP contribution is 2.40. The third-order valence-electron chi connectivity index (χ3n) is 5.96. The van der Waals surface area contributed by atoms with E-state index in [4.69, 9.17) is 9.26 Å². The molecular formula is C18H25N3O4. The Hall–Kier alpha value is -1.89. The first-order valence-electron chi connectivity index (χ1n) is 9.25. The second-order valence-corrected chi connectivity index (χ2v) is 7.58. The molecule has 3 fully saturated rings. The highest BCUT2D eigenvalue weighted by molar-refractivity contribution is 5.91. The van der Waals surface area contributed by atoms with Gasteiger partial charge in [0, 0.05) is 45.3 Å². The van der Waals surface area contributed by atoms with Crippen molar-refractivity contribution in [1.82, 2.24) is 15.0 Å². The Bertz CT molecular complexity index is 616. The molecule has 0 saturated carbocycles. The van der Waals surface area contributed by atoms with E-state index in [0.29, 0.717) is 25.3 Å². The maximum atomic E-state index is 12.4. The van der Waals surface area contributed by atoms with Crippen LogP contribution in [-0.4, -0.2) is 65.7 Å². The van der Waals surface area contributed by atoms with Crippen molar-refractivity contribution in [3.8, 4) is 0 Å². The summed E-state index contributed by atoms with van der Waals surface area (Å²) in [5.41, 5.74) is 0.144. The van der Waals surface area contributed by atoms with Gasteiger partial charge in [-0.05, 0) is 37.5 Å². The monoisotopic (exact) mass is 347 g/mol. The summed E-state index contributed by atoms with van der Waals surface area (Å²) >= 11 is 0. The summed E-state index contributed by atoms with van der Waals surface area (Å²) in [5.74, 6) is 0.464. The minimum absolute atomic E-state index is 0.0875. The fourth-order valence-electron chi connectivity index (χ4n) is 4.38. The Morgan fingerprint density at radius 3 is 2.84 bits per heavy atom. The van der Waals surface area contributed by atoms with Gasteiger partial charge in [0.25, 0.3) is 5.91 Å². The van der Waals surface area contributed by atoms with Crippen molar-refractivity contribution in [2.75, 3.05) is 32.8 Å². The van der Waals surface area contributed by atoms with E-state index in [-0.39, 0.29) is 23.3 Å². The Morgan fingerprint density at radius 2 is 2.16 bits per heavy atom. The molecule has 1 aromatic rings. The van der Waals surface area contributed by atoms with Crippen LogP contribution in [-0.2, 0) is 9.53 Å². The molecule has 4 rings (SSSR count). The van der Waals surface area contributed by atoms with Gasteiger partial charge in [0.15, 0.2) is 0 Å². The lowest BCUT2D eigenvalue weighted by Crippen LogP contribution is -2.53. The number of ether oxygens (including phenoxy) is 1. The molecule has 0 bridgehead atoms. The van der Waals surface area contributed by atoms with E-state index >= 15 is 0 Å². The summed E-state index contributed by atoms with van der Waals surface area (Å²) in [5, 5.41) is 3.61. The molecule has 4 heterocycles. The predicted octanol–water partition coefficient (Wildman–Crippen LogP) is 1.70. The van der Waals surface area contributed by atoms with Crippen LogP contribution in [0.15, 0.2) is 16.8 Å². The van der Waals surface area contributed by atoms with E-state index in [1.807, 2.05) is 9.80 Å². The summed E-state index contributed by atoms with van der Waals surface area (Å²) in [6.07, 6.45) is 7.25. The number of aromatic nitrogens is 1. The zero-order valence-corrected chi connectivity index (χ0v) is 14.5. The molecule has 3 aliphatic rings. The van der Waals surface area contributed by atoms with Gasteiger partial charge in [0.2, 0.25) is 11.7 Å². The van der Waals surface area contributed by atoms with Crippen LogP contribution in [0.3, 0.4) is 0 Å². The van der Waals surface area contributed by atoms with Crippen LogP contribution in [0.5, 0.6) is 0 Å². The number of hydrogen-bond acceptors (Lipinski definition) is 5. The summed E-state index contributed by atoms with van der Waals surface area (Å²) in [6.45, 7) is 3.76. The topological polar surface area (TPSA) is 75.9 Å². The Balaban J connectivity index is 1.36. The lowest BCUT2D eigenvalue weighted by molar-refractivity contribution is -0.141. The van der Waals surface area contributed by atoms with E-state index in [2.05, 4.69) is 5.16 Å². The van der Waals surface area contributed by atoms with Crippen LogP contribution < -0.4 is 0 Å². The average molecular weight is 347 g/mol. The first kappa shape index (κ1) is 16.6. The van der Waals surface area contributed by atoms with Crippen LogP contribution in [0, 0.1) is 5.41 Å². The molecule has 1 spiro atoms. The van der Waals surface area contributed by atoms with Crippen molar-refractivity contribution >= 4 is 11.8 Å². The molecule has 1 aromatic heterocycles. The smallest absolute Gasteiger partial charge is 0.292 e. The van der Waals surface area contributed by atoms with Crippen molar-refractivity contribution in [2.45, 2.75) is 44.6 Å². The van der Waals surface area contributed by atoms with Gasteiger partial charge < -0.3 is 19.1 Å². The van der Waals surface area contributed by atoms with Crippen LogP contribution >= 0.6 is 0 Å². The molecule has 136 valence electrons. The average Bonchev–Trinajstić information content (AvgIpc) is 3.32. The Labute approximate surface area is 147 Å². The molecule has 3 aliphatic heterocycles. The maximum Gasteiger partial charge on any atom is 0.292 e. The molecular weight excluding hydrogens is 322 g/mol. The van der Waals surface area contributed by atoms with Gasteiger partial charge >= 0.3 is 0 Å². The SMILES string of the molecule is O=C1CCC2(CCN(C(=O)c3ccno3)CC2)CN1CC1CCCO1. The van der Waals surface area contributed by atoms with Gasteiger partial charge in [-0.15, -0.1) is 0 Å². The van der Waals surface area contributed by atoms with Crippen molar-refractivity contribution in [1.29, 1.82) is 0 Å². The Kier molecular flexibility index (Phi) is 4.50. The first-order chi connectivity index (χ1) is 12.2. The number of hydrogen-bond donors (Lipinski definition) is 0. The second-order valence-electron chi connectivity index (χ2n) is 7.58. The molecule has 25 heavy (non-hydrogen) atoms. The third-order valence-corrected chi connectivity index (χ3v) is 5.96. The van der Waals surface area contributed by atoms with Gasteiger partial charge in [-0.1, -0.05) is 5.16 Å². The number of piperidine rings is 2. The molecule has 7 nitrogen and oxygen atoms in total. The zero-order chi connectivity index (χ0) is 17.3. The normalized spacial score (nSPS) is 26.4. The molecule has 1 atom stereocenters. The van der Waals surface area contributed by atoms with Crippen LogP contribution in [0.1, 0.15) is 49.1 Å². The highest BCUT2D eigenvalue weighted by atomic mass is 16.5. The van der Waals surface area contributed by atoms with Crippen LogP contribution in [0.4, 0.5) is 0 Å². The number of carbonyl (C=O) groups is 2. The molecule has 2 amide bonds. The molecule has 0 aromatic carbocycles. The predicted molar refractivity (Wildman–Crippen MR) is 88.9 cm³/mol. The van der Waals surface area contributed by atoms with E-state index < -0.39 is 0 Å². The highest BCUT2D eigenvalue weighted by Gasteiger charge is 2.42. The zero-order valence-electron chi connectivity index (χ0n) is 14.5. The van der Waals surface area contributed by atoms with Gasteiger partial charge in [0.05, 0.1) is 12.3 Å². The van der Waals surface area contributed by atoms with E-state index in [0.717, 1.165) is 51.8 Å². The van der Waals surface area contributed by atoms with E-state index in [9.17, 15) is 9.59 Å². The minimum Gasteiger partial charge on any atom is -0.376 e. The van der Waals surface area contributed by atoms with Gasteiger partial charge in [-0.25, -0.2) is 0 Å². The number of amides is 2. The van der Waals surface area contributed by atoms with Crippen LogP contribution in [0.2, 0.25) is 0 Å². The number of likely N-dealkylation sites (tertiary alicyclic amines) is 2. The number of rotatable bonds is 3. The maximum absolute atomic E-state index is 12.4. The van der Waals surface area contributed by atoms with Crippen molar-refractivity contribution in [3.63, 3.8) is 0 Å². The Morgan fingerprint density at radius 1 is 1.32 bits per heavy atom. The lowest BCUT2D eigenvalue weighted by Gasteiger charge is -2.47. The largest absolute Gasteiger partial charge is 0.376 e. The quantitative estimate of drug-likeness (QED) is 0.832. The summed E-state index contributed by atoms with van der Waals surface area (Å²) in [7, 11) is 0.